The lowest BCUT2D eigenvalue weighted by Crippen LogP contribution is -2.40. The predicted octanol–water partition coefficient (Wildman–Crippen LogP) is 2.09. The van der Waals surface area contributed by atoms with E-state index in [0.29, 0.717) is 19.1 Å². The van der Waals surface area contributed by atoms with E-state index in [9.17, 15) is 0 Å². The summed E-state index contributed by atoms with van der Waals surface area (Å²) in [5.41, 5.74) is 1.12. The summed E-state index contributed by atoms with van der Waals surface area (Å²) in [4.78, 5) is 7.09. The molecule has 1 aromatic rings. The molecule has 0 radical (unpaired) electrons. The molecule has 0 spiro atoms. The van der Waals surface area contributed by atoms with Gasteiger partial charge in [0.2, 0.25) is 0 Å². The van der Waals surface area contributed by atoms with E-state index in [0.717, 1.165) is 30.4 Å². The van der Waals surface area contributed by atoms with Crippen LogP contribution in [-0.2, 0) is 6.54 Å². The zero-order valence-corrected chi connectivity index (χ0v) is 14.6. The maximum absolute atomic E-state index is 5.67. The highest BCUT2D eigenvalue weighted by molar-refractivity contribution is 5.79. The Hall–Kier alpha value is -1.75. The molecule has 1 saturated heterocycles. The molecule has 1 aliphatic rings. The smallest absolute Gasteiger partial charge is 0.191 e. The van der Waals surface area contributed by atoms with Gasteiger partial charge in [0.05, 0.1) is 13.2 Å². The van der Waals surface area contributed by atoms with Crippen molar-refractivity contribution < 1.29 is 4.74 Å². The molecule has 128 valence electrons. The van der Waals surface area contributed by atoms with Gasteiger partial charge in [0.25, 0.3) is 0 Å². The number of benzene rings is 1. The lowest BCUT2D eigenvalue weighted by atomic mass is 10.1. The van der Waals surface area contributed by atoms with Gasteiger partial charge in [-0.3, -0.25) is 0 Å². The van der Waals surface area contributed by atoms with Crippen LogP contribution in [0, 0.1) is 5.92 Å². The molecule has 23 heavy (non-hydrogen) atoms. The van der Waals surface area contributed by atoms with E-state index in [-0.39, 0.29) is 0 Å². The number of nitrogens with zero attached hydrogens (tertiary/aromatic N) is 2. The van der Waals surface area contributed by atoms with Gasteiger partial charge in [0, 0.05) is 25.2 Å². The summed E-state index contributed by atoms with van der Waals surface area (Å²) in [6.07, 6.45) is 1.26. The van der Waals surface area contributed by atoms with Crippen molar-refractivity contribution in [2.24, 2.45) is 10.9 Å². The van der Waals surface area contributed by atoms with E-state index >= 15 is 0 Å². The van der Waals surface area contributed by atoms with Crippen molar-refractivity contribution in [3.05, 3.63) is 29.8 Å². The van der Waals surface area contributed by atoms with Gasteiger partial charge in [0.1, 0.15) is 5.75 Å². The van der Waals surface area contributed by atoms with Crippen LogP contribution in [0.25, 0.3) is 0 Å². The first-order chi connectivity index (χ1) is 11.2. The highest BCUT2D eigenvalue weighted by atomic mass is 16.5. The van der Waals surface area contributed by atoms with E-state index in [1.165, 1.54) is 19.5 Å². The van der Waals surface area contributed by atoms with E-state index in [2.05, 4.69) is 35.6 Å². The van der Waals surface area contributed by atoms with E-state index in [4.69, 9.17) is 9.73 Å². The third-order valence-corrected chi connectivity index (χ3v) is 4.07. The first-order valence-corrected chi connectivity index (χ1v) is 8.64. The first-order valence-electron chi connectivity index (χ1n) is 8.64. The lowest BCUT2D eigenvalue weighted by molar-refractivity contribution is 0.336. The second kappa shape index (κ2) is 9.40. The Morgan fingerprint density at radius 2 is 2.13 bits per heavy atom. The molecule has 1 aliphatic heterocycles. The number of aliphatic imine (C=N–C) groups is 1. The zero-order chi connectivity index (χ0) is 16.5. The van der Waals surface area contributed by atoms with Gasteiger partial charge in [-0.25, -0.2) is 4.99 Å². The maximum Gasteiger partial charge on any atom is 0.191 e. The van der Waals surface area contributed by atoms with Crippen LogP contribution in [0.2, 0.25) is 0 Å². The molecule has 0 aliphatic carbocycles. The fourth-order valence-corrected chi connectivity index (χ4v) is 2.87. The molecular formula is C18H30N4O. The van der Waals surface area contributed by atoms with E-state index < -0.39 is 0 Å². The van der Waals surface area contributed by atoms with Gasteiger partial charge < -0.3 is 20.3 Å². The average molecular weight is 318 g/mol. The zero-order valence-electron chi connectivity index (χ0n) is 14.6. The van der Waals surface area contributed by atoms with Crippen molar-refractivity contribution in [2.45, 2.75) is 26.8 Å². The monoisotopic (exact) mass is 318 g/mol. The van der Waals surface area contributed by atoms with Crippen LogP contribution in [0.1, 0.15) is 25.8 Å². The Kier molecular flexibility index (Phi) is 7.20. The quantitative estimate of drug-likeness (QED) is 0.597. The standard InChI is InChI=1S/C18H30N4O/c1-4-19-18(20-12-15-10-11-22(3)14-15)21-13-16-8-6-7-9-17(16)23-5-2/h6-9,15H,4-5,10-14H2,1-3H3,(H2,19,20,21). The Balaban J connectivity index is 1.92. The highest BCUT2D eigenvalue weighted by Crippen LogP contribution is 2.18. The van der Waals surface area contributed by atoms with Crippen molar-refractivity contribution in [3.8, 4) is 5.75 Å². The predicted molar refractivity (Wildman–Crippen MR) is 96.0 cm³/mol. The van der Waals surface area contributed by atoms with Gasteiger partial charge >= 0.3 is 0 Å². The molecule has 1 fully saturated rings. The first kappa shape index (κ1) is 17.6. The van der Waals surface area contributed by atoms with Crippen molar-refractivity contribution in [1.29, 1.82) is 0 Å². The largest absolute Gasteiger partial charge is 0.494 e. The Labute approximate surface area is 140 Å². The van der Waals surface area contributed by atoms with Crippen LogP contribution in [0.5, 0.6) is 5.75 Å². The molecule has 1 unspecified atom stereocenters. The number of para-hydroxylation sites is 1. The van der Waals surface area contributed by atoms with Crippen molar-refractivity contribution in [3.63, 3.8) is 0 Å². The summed E-state index contributed by atoms with van der Waals surface area (Å²) >= 11 is 0. The number of rotatable bonds is 7. The molecule has 1 heterocycles. The molecule has 5 nitrogen and oxygen atoms in total. The van der Waals surface area contributed by atoms with Gasteiger partial charge in [0.15, 0.2) is 5.96 Å². The third kappa shape index (κ3) is 5.75. The Morgan fingerprint density at radius 1 is 1.30 bits per heavy atom. The van der Waals surface area contributed by atoms with Crippen LogP contribution >= 0.6 is 0 Å². The SMILES string of the molecule is CCNC(=NCc1ccccc1OCC)NCC1CCN(C)C1. The second-order valence-electron chi connectivity index (χ2n) is 6.03. The van der Waals surface area contributed by atoms with Crippen LogP contribution in [0.15, 0.2) is 29.3 Å². The van der Waals surface area contributed by atoms with Gasteiger partial charge in [-0.15, -0.1) is 0 Å². The van der Waals surface area contributed by atoms with Crippen molar-refractivity contribution in [2.75, 3.05) is 39.8 Å². The number of nitrogens with one attached hydrogen (secondary N) is 2. The second-order valence-corrected chi connectivity index (χ2v) is 6.03. The fourth-order valence-electron chi connectivity index (χ4n) is 2.87. The van der Waals surface area contributed by atoms with Crippen molar-refractivity contribution in [1.82, 2.24) is 15.5 Å². The van der Waals surface area contributed by atoms with Crippen molar-refractivity contribution >= 4 is 5.96 Å². The molecule has 0 amide bonds. The minimum Gasteiger partial charge on any atom is -0.494 e. The Bertz CT molecular complexity index is 504. The number of likely N-dealkylation sites (tertiary alicyclic amines) is 1. The molecule has 0 saturated carbocycles. The van der Waals surface area contributed by atoms with Crippen LogP contribution in [0.4, 0.5) is 0 Å². The maximum atomic E-state index is 5.67. The topological polar surface area (TPSA) is 48.9 Å². The summed E-state index contributed by atoms with van der Waals surface area (Å²) < 4.78 is 5.67. The molecule has 2 rings (SSSR count). The number of ether oxygens (including phenoxy) is 1. The molecule has 0 aromatic heterocycles. The van der Waals surface area contributed by atoms with Gasteiger partial charge in [-0.1, -0.05) is 18.2 Å². The molecule has 5 heteroatoms. The molecule has 0 bridgehead atoms. The fraction of sp³-hybridized carbons (Fsp3) is 0.611. The molecular weight excluding hydrogens is 288 g/mol. The Morgan fingerprint density at radius 3 is 2.83 bits per heavy atom. The highest BCUT2D eigenvalue weighted by Gasteiger charge is 2.19. The minimum absolute atomic E-state index is 0.621. The average Bonchev–Trinajstić information content (AvgIpc) is 2.97. The third-order valence-electron chi connectivity index (χ3n) is 4.07. The number of hydrogen-bond acceptors (Lipinski definition) is 3. The summed E-state index contributed by atoms with van der Waals surface area (Å²) in [7, 11) is 2.18. The number of hydrogen-bond donors (Lipinski definition) is 2. The minimum atomic E-state index is 0.621. The van der Waals surface area contributed by atoms with Crippen LogP contribution in [-0.4, -0.2) is 50.7 Å². The lowest BCUT2D eigenvalue weighted by Gasteiger charge is -2.15. The summed E-state index contributed by atoms with van der Waals surface area (Å²) in [5.74, 6) is 2.51. The summed E-state index contributed by atoms with van der Waals surface area (Å²) in [5, 5.41) is 6.80. The van der Waals surface area contributed by atoms with Crippen LogP contribution in [0.3, 0.4) is 0 Å². The molecule has 1 aromatic carbocycles. The summed E-state index contributed by atoms with van der Waals surface area (Å²) in [6.45, 7) is 9.59. The summed E-state index contributed by atoms with van der Waals surface area (Å²) in [6, 6.07) is 8.10. The van der Waals surface area contributed by atoms with Gasteiger partial charge in [-0.2, -0.15) is 0 Å². The van der Waals surface area contributed by atoms with E-state index in [1.807, 2.05) is 25.1 Å². The van der Waals surface area contributed by atoms with E-state index in [1.54, 1.807) is 0 Å². The molecule has 2 N–H and O–H groups in total. The van der Waals surface area contributed by atoms with Gasteiger partial charge in [-0.05, 0) is 45.8 Å². The van der Waals surface area contributed by atoms with Crippen LogP contribution < -0.4 is 15.4 Å². The normalized spacial score (nSPS) is 18.9. The molecule has 1 atom stereocenters. The number of guanidine groups is 1.